The van der Waals surface area contributed by atoms with Gasteiger partial charge in [0.25, 0.3) is 0 Å². The number of aromatic nitrogens is 4. The molecular weight excluding hydrogens is 308 g/mol. The first-order valence-electron chi connectivity index (χ1n) is 8.27. The Morgan fingerprint density at radius 3 is 2.40 bits per heavy atom. The van der Waals surface area contributed by atoms with Crippen LogP contribution in [0, 0.1) is 6.92 Å². The lowest BCUT2D eigenvalue weighted by Crippen LogP contribution is -1.81. The van der Waals surface area contributed by atoms with Crippen LogP contribution in [0.5, 0.6) is 0 Å². The maximum absolute atomic E-state index is 4.73. The average molecular weight is 324 g/mol. The van der Waals surface area contributed by atoms with Gasteiger partial charge in [-0.15, -0.1) is 0 Å². The van der Waals surface area contributed by atoms with Crippen LogP contribution in [0.15, 0.2) is 67.0 Å². The Hall–Kier alpha value is -3.40. The Labute approximate surface area is 144 Å². The predicted octanol–water partition coefficient (Wildman–Crippen LogP) is 5.08. The number of aromatic amines is 2. The first-order chi connectivity index (χ1) is 12.3. The quantitative estimate of drug-likeness (QED) is 0.475. The summed E-state index contributed by atoms with van der Waals surface area (Å²) in [5.74, 6) is 0.903. The summed E-state index contributed by atoms with van der Waals surface area (Å²) in [4.78, 5) is 15.6. The molecule has 120 valence electrons. The van der Waals surface area contributed by atoms with E-state index in [1.54, 1.807) is 6.33 Å². The molecule has 0 aliphatic rings. The van der Waals surface area contributed by atoms with Gasteiger partial charge in [0.1, 0.15) is 5.82 Å². The molecule has 0 bridgehead atoms. The molecule has 3 aromatic carbocycles. The third kappa shape index (κ3) is 2.39. The molecule has 5 rings (SSSR count). The monoisotopic (exact) mass is 324 g/mol. The van der Waals surface area contributed by atoms with E-state index in [4.69, 9.17) is 4.98 Å². The highest BCUT2D eigenvalue weighted by atomic mass is 14.9. The topological polar surface area (TPSA) is 57.4 Å². The fourth-order valence-corrected chi connectivity index (χ4v) is 3.23. The molecule has 0 spiro atoms. The molecular formula is C21H16N4. The van der Waals surface area contributed by atoms with Crippen molar-refractivity contribution >= 4 is 22.1 Å². The summed E-state index contributed by atoms with van der Waals surface area (Å²) in [5.41, 5.74) is 8.69. The third-order valence-electron chi connectivity index (χ3n) is 4.53. The molecule has 4 nitrogen and oxygen atoms in total. The minimum atomic E-state index is 0.903. The molecule has 0 fully saturated rings. The molecule has 5 aromatic rings. The van der Waals surface area contributed by atoms with E-state index >= 15 is 0 Å². The number of benzene rings is 3. The largest absolute Gasteiger partial charge is 0.345 e. The number of fused-ring (bicyclic) bond motifs is 2. The van der Waals surface area contributed by atoms with E-state index in [-0.39, 0.29) is 0 Å². The van der Waals surface area contributed by atoms with Crippen LogP contribution >= 0.6 is 0 Å². The summed E-state index contributed by atoms with van der Waals surface area (Å²) in [6.45, 7) is 2.09. The minimum absolute atomic E-state index is 0.903. The van der Waals surface area contributed by atoms with Crippen molar-refractivity contribution < 1.29 is 0 Å². The van der Waals surface area contributed by atoms with Crippen LogP contribution in [0.3, 0.4) is 0 Å². The highest BCUT2D eigenvalue weighted by molar-refractivity contribution is 5.87. The highest BCUT2D eigenvalue weighted by Crippen LogP contribution is 2.27. The molecule has 25 heavy (non-hydrogen) atoms. The molecule has 0 radical (unpaired) electrons. The molecule has 0 saturated heterocycles. The number of aryl methyl sites for hydroxylation is 1. The van der Waals surface area contributed by atoms with Crippen molar-refractivity contribution in [2.45, 2.75) is 6.92 Å². The van der Waals surface area contributed by atoms with E-state index in [1.165, 1.54) is 5.56 Å². The van der Waals surface area contributed by atoms with Crippen molar-refractivity contribution in [2.24, 2.45) is 0 Å². The van der Waals surface area contributed by atoms with Crippen molar-refractivity contribution in [1.82, 2.24) is 19.9 Å². The van der Waals surface area contributed by atoms with Crippen molar-refractivity contribution in [2.75, 3.05) is 0 Å². The van der Waals surface area contributed by atoms with Gasteiger partial charge in [0.05, 0.1) is 28.4 Å². The lowest BCUT2D eigenvalue weighted by molar-refractivity contribution is 1.32. The zero-order valence-corrected chi connectivity index (χ0v) is 13.7. The van der Waals surface area contributed by atoms with Gasteiger partial charge in [-0.3, -0.25) is 0 Å². The van der Waals surface area contributed by atoms with Crippen LogP contribution in [0.4, 0.5) is 0 Å². The summed E-state index contributed by atoms with van der Waals surface area (Å²) in [5, 5.41) is 0. The van der Waals surface area contributed by atoms with Gasteiger partial charge < -0.3 is 9.97 Å². The summed E-state index contributed by atoms with van der Waals surface area (Å²) in [7, 11) is 0. The average Bonchev–Trinajstić information content (AvgIpc) is 3.27. The Morgan fingerprint density at radius 1 is 0.760 bits per heavy atom. The number of rotatable bonds is 2. The number of nitrogens with one attached hydrogen (secondary N) is 2. The van der Waals surface area contributed by atoms with E-state index in [1.807, 2.05) is 6.07 Å². The van der Waals surface area contributed by atoms with Gasteiger partial charge >= 0.3 is 0 Å². The molecule has 2 N–H and O–H groups in total. The van der Waals surface area contributed by atoms with Gasteiger partial charge in [-0.1, -0.05) is 35.9 Å². The van der Waals surface area contributed by atoms with Crippen LogP contribution in [0.1, 0.15) is 5.56 Å². The fraction of sp³-hybridized carbons (Fsp3) is 0.0476. The first-order valence-corrected chi connectivity index (χ1v) is 8.27. The maximum atomic E-state index is 4.73. The fourth-order valence-electron chi connectivity index (χ4n) is 3.23. The number of nitrogens with zero attached hydrogens (tertiary/aromatic N) is 2. The van der Waals surface area contributed by atoms with Crippen LogP contribution in [0.25, 0.3) is 44.6 Å². The molecule has 0 amide bonds. The van der Waals surface area contributed by atoms with E-state index in [2.05, 4.69) is 76.5 Å². The minimum Gasteiger partial charge on any atom is -0.345 e. The van der Waals surface area contributed by atoms with Crippen molar-refractivity contribution in [3.05, 3.63) is 72.6 Å². The number of hydrogen-bond donors (Lipinski definition) is 2. The van der Waals surface area contributed by atoms with E-state index < -0.39 is 0 Å². The van der Waals surface area contributed by atoms with E-state index in [0.29, 0.717) is 0 Å². The molecule has 2 heterocycles. The molecule has 0 aliphatic carbocycles. The highest BCUT2D eigenvalue weighted by Gasteiger charge is 2.08. The van der Waals surface area contributed by atoms with Crippen LogP contribution < -0.4 is 0 Å². The normalized spacial score (nSPS) is 11.4. The molecule has 2 aromatic heterocycles. The molecule has 0 unspecified atom stereocenters. The summed E-state index contributed by atoms with van der Waals surface area (Å²) >= 11 is 0. The van der Waals surface area contributed by atoms with Crippen molar-refractivity contribution in [1.29, 1.82) is 0 Å². The van der Waals surface area contributed by atoms with E-state index in [0.717, 1.165) is 44.6 Å². The second-order valence-corrected chi connectivity index (χ2v) is 6.32. The van der Waals surface area contributed by atoms with E-state index in [9.17, 15) is 0 Å². The van der Waals surface area contributed by atoms with Crippen molar-refractivity contribution in [3.8, 4) is 22.5 Å². The Kier molecular flexibility index (Phi) is 2.97. The third-order valence-corrected chi connectivity index (χ3v) is 4.53. The van der Waals surface area contributed by atoms with Crippen LogP contribution in [0.2, 0.25) is 0 Å². The standard InChI is InChI=1S/C21H16N4/c1-13-3-2-4-16(9-13)21-24-18-8-6-15(11-20(18)25-21)14-5-7-17-19(10-14)23-12-22-17/h2-12H,1H3,(H,22,23)(H,24,25). The molecule has 0 atom stereocenters. The van der Waals surface area contributed by atoms with Crippen LogP contribution in [-0.2, 0) is 0 Å². The number of hydrogen-bond acceptors (Lipinski definition) is 2. The molecule has 4 heteroatoms. The van der Waals surface area contributed by atoms with Gasteiger partial charge in [-0.25, -0.2) is 9.97 Å². The van der Waals surface area contributed by atoms with Crippen molar-refractivity contribution in [3.63, 3.8) is 0 Å². The van der Waals surface area contributed by atoms with Gasteiger partial charge in [0.2, 0.25) is 0 Å². The lowest BCUT2D eigenvalue weighted by atomic mass is 10.0. The second kappa shape index (κ2) is 5.31. The van der Waals surface area contributed by atoms with Gasteiger partial charge in [0, 0.05) is 5.56 Å². The second-order valence-electron chi connectivity index (χ2n) is 6.32. The van der Waals surface area contributed by atoms with Gasteiger partial charge in [0.15, 0.2) is 0 Å². The van der Waals surface area contributed by atoms with Gasteiger partial charge in [-0.05, 0) is 48.4 Å². The maximum Gasteiger partial charge on any atom is 0.138 e. The number of H-pyrrole nitrogens is 2. The lowest BCUT2D eigenvalue weighted by Gasteiger charge is -2.01. The summed E-state index contributed by atoms with van der Waals surface area (Å²) in [6, 6.07) is 21.0. The zero-order chi connectivity index (χ0) is 16.8. The Morgan fingerprint density at radius 2 is 1.56 bits per heavy atom. The first kappa shape index (κ1) is 14.0. The molecule has 0 saturated carbocycles. The Bertz CT molecular complexity index is 1210. The summed E-state index contributed by atoms with van der Waals surface area (Å²) < 4.78 is 0. The predicted molar refractivity (Wildman–Crippen MR) is 101 cm³/mol. The number of imidazole rings is 2. The summed E-state index contributed by atoms with van der Waals surface area (Å²) in [6.07, 6.45) is 1.72. The van der Waals surface area contributed by atoms with Crippen LogP contribution in [-0.4, -0.2) is 19.9 Å². The Balaban J connectivity index is 1.61. The molecule has 0 aliphatic heterocycles. The zero-order valence-electron chi connectivity index (χ0n) is 13.7. The smallest absolute Gasteiger partial charge is 0.138 e. The van der Waals surface area contributed by atoms with Gasteiger partial charge in [-0.2, -0.15) is 0 Å². The SMILES string of the molecule is Cc1cccc(-c2nc3ccc(-c4ccc5nc[nH]c5c4)cc3[nH]2)c1.